The Morgan fingerprint density at radius 2 is 1.23 bits per heavy atom. The zero-order chi connectivity index (χ0) is 32.3. The lowest BCUT2D eigenvalue weighted by Gasteiger charge is -2.19. The fraction of sp³-hybridized carbons (Fsp3) is 0.719. The van der Waals surface area contributed by atoms with Crippen molar-refractivity contribution < 1.29 is 42.8 Å². The molecule has 12 heteroatoms. The summed E-state index contributed by atoms with van der Waals surface area (Å²) in [6.07, 6.45) is 3.89. The number of benzene rings is 1. The molecule has 1 rings (SSSR count). The molecule has 1 aromatic rings. The molecule has 0 radical (unpaired) electrons. The van der Waals surface area contributed by atoms with Gasteiger partial charge in [-0.25, -0.2) is 0 Å². The molecule has 0 aromatic heterocycles. The van der Waals surface area contributed by atoms with Crippen molar-refractivity contribution in [1.29, 1.82) is 0 Å². The van der Waals surface area contributed by atoms with Crippen molar-refractivity contribution in [2.45, 2.75) is 72.3 Å². The van der Waals surface area contributed by atoms with Crippen LogP contribution in [0.3, 0.4) is 0 Å². The van der Waals surface area contributed by atoms with E-state index in [9.17, 15) is 14.4 Å². The minimum absolute atomic E-state index is 0.118. The summed E-state index contributed by atoms with van der Waals surface area (Å²) in [6, 6.07) is 3.96. The molecular formula is C32H55N3O9. The Morgan fingerprint density at radius 3 is 1.82 bits per heavy atom. The van der Waals surface area contributed by atoms with Gasteiger partial charge in [-0.15, -0.1) is 0 Å². The van der Waals surface area contributed by atoms with Gasteiger partial charge in [0.05, 0.1) is 39.6 Å². The third-order valence-electron chi connectivity index (χ3n) is 6.29. The first-order chi connectivity index (χ1) is 21.5. The van der Waals surface area contributed by atoms with Crippen molar-refractivity contribution >= 4 is 17.7 Å². The molecule has 0 bridgehead atoms. The van der Waals surface area contributed by atoms with Crippen molar-refractivity contribution in [3.63, 3.8) is 0 Å². The van der Waals surface area contributed by atoms with E-state index in [-0.39, 0.29) is 43.4 Å². The van der Waals surface area contributed by atoms with Crippen molar-refractivity contribution in [3.8, 4) is 11.5 Å². The molecule has 44 heavy (non-hydrogen) atoms. The Kier molecular flexibility index (Phi) is 23.5. The minimum atomic E-state index is -0.871. The largest absolute Gasteiger partial charge is 0.487 e. The van der Waals surface area contributed by atoms with Crippen LogP contribution in [-0.2, 0) is 28.5 Å². The molecule has 0 saturated heterocycles. The molecule has 0 aliphatic heterocycles. The quantitative estimate of drug-likeness (QED) is 0.120. The molecule has 1 atom stereocenters. The number of unbranched alkanes of at least 4 members (excludes halogenated alkanes) is 2. The van der Waals surface area contributed by atoms with E-state index in [1.807, 2.05) is 27.7 Å². The number of hydrogen-bond donors (Lipinski definition) is 3. The van der Waals surface area contributed by atoms with Gasteiger partial charge in [0, 0.05) is 38.3 Å². The molecule has 0 saturated carbocycles. The molecule has 252 valence electrons. The van der Waals surface area contributed by atoms with E-state index in [4.69, 9.17) is 28.4 Å². The van der Waals surface area contributed by atoms with Crippen molar-refractivity contribution in [2.24, 2.45) is 0 Å². The van der Waals surface area contributed by atoms with E-state index in [2.05, 4.69) is 16.0 Å². The molecule has 1 aromatic carbocycles. The predicted octanol–water partition coefficient (Wildman–Crippen LogP) is 3.26. The molecule has 0 unspecified atom stereocenters. The molecule has 12 nitrogen and oxygen atoms in total. The first kappa shape index (κ1) is 39.1. The van der Waals surface area contributed by atoms with Crippen molar-refractivity contribution in [3.05, 3.63) is 23.8 Å². The van der Waals surface area contributed by atoms with E-state index in [0.29, 0.717) is 77.4 Å². The number of ether oxygens (including phenoxy) is 6. The molecule has 0 spiro atoms. The van der Waals surface area contributed by atoms with Crippen LogP contribution in [0.25, 0.3) is 0 Å². The van der Waals surface area contributed by atoms with Crippen LogP contribution in [0, 0.1) is 0 Å². The van der Waals surface area contributed by atoms with E-state index < -0.39 is 11.9 Å². The highest BCUT2D eigenvalue weighted by Gasteiger charge is 2.23. The number of rotatable bonds is 28. The summed E-state index contributed by atoms with van der Waals surface area (Å²) in [5, 5.41) is 8.52. The lowest BCUT2D eigenvalue weighted by Crippen LogP contribution is -2.47. The fourth-order valence-electron chi connectivity index (χ4n) is 3.82. The molecule has 3 amide bonds. The molecule has 0 aliphatic rings. The highest BCUT2D eigenvalue weighted by atomic mass is 16.6. The van der Waals surface area contributed by atoms with Gasteiger partial charge in [-0.3, -0.25) is 14.4 Å². The normalized spacial score (nSPS) is 11.5. The second-order valence-electron chi connectivity index (χ2n) is 9.89. The highest BCUT2D eigenvalue weighted by Crippen LogP contribution is 2.28. The Balaban J connectivity index is 2.91. The smallest absolute Gasteiger partial charge is 0.252 e. The van der Waals surface area contributed by atoms with Gasteiger partial charge in [-0.05, 0) is 51.3 Å². The average molecular weight is 626 g/mol. The van der Waals surface area contributed by atoms with E-state index in [1.54, 1.807) is 18.2 Å². The maximum atomic E-state index is 13.3. The van der Waals surface area contributed by atoms with Gasteiger partial charge in [-0.2, -0.15) is 0 Å². The lowest BCUT2D eigenvalue weighted by molar-refractivity contribution is -0.124. The van der Waals surface area contributed by atoms with Gasteiger partial charge in [0.1, 0.15) is 19.3 Å². The summed E-state index contributed by atoms with van der Waals surface area (Å²) in [5.74, 6) is -0.128. The summed E-state index contributed by atoms with van der Waals surface area (Å²) in [7, 11) is 0. The third-order valence-corrected chi connectivity index (χ3v) is 6.29. The SMILES string of the molecule is CCCCNC(=O)CC[C@H](NC(=O)c1ccc(OCCOCCOCC)c(OCCOCCOCC)c1)C(=O)NCCCC. The number of amides is 3. The van der Waals surface area contributed by atoms with E-state index in [1.165, 1.54) is 0 Å². The topological polar surface area (TPSA) is 143 Å². The van der Waals surface area contributed by atoms with Crippen LogP contribution >= 0.6 is 0 Å². The standard InChI is InChI=1S/C32H55N3O9/c1-5-9-15-33-30(36)14-12-27(32(38)34-16-10-6-2)35-31(37)26-11-13-28(43-23-21-41-19-17-39-7-3)29(25-26)44-24-22-42-20-18-40-8-4/h11,13,25,27H,5-10,12,14-24H2,1-4H3,(H,33,36)(H,34,38)(H,35,37)/t27-/m0/s1. The van der Waals surface area contributed by atoms with Crippen LogP contribution in [0.2, 0.25) is 0 Å². The summed E-state index contributed by atoms with van der Waals surface area (Å²) >= 11 is 0. The Bertz CT molecular complexity index is 917. The molecule has 0 fully saturated rings. The predicted molar refractivity (Wildman–Crippen MR) is 168 cm³/mol. The fourth-order valence-corrected chi connectivity index (χ4v) is 3.82. The lowest BCUT2D eigenvalue weighted by atomic mass is 10.1. The van der Waals surface area contributed by atoms with Gasteiger partial charge in [0.15, 0.2) is 11.5 Å². The second-order valence-corrected chi connectivity index (χ2v) is 9.89. The molecule has 0 heterocycles. The van der Waals surface area contributed by atoms with Crippen LogP contribution in [0.15, 0.2) is 18.2 Å². The van der Waals surface area contributed by atoms with Crippen LogP contribution in [0.1, 0.15) is 76.6 Å². The monoisotopic (exact) mass is 625 g/mol. The third kappa shape index (κ3) is 18.7. The number of carbonyl (C=O) groups excluding carboxylic acids is 3. The number of nitrogens with one attached hydrogen (secondary N) is 3. The maximum absolute atomic E-state index is 13.3. The van der Waals surface area contributed by atoms with Gasteiger partial charge in [-0.1, -0.05) is 26.7 Å². The van der Waals surface area contributed by atoms with Gasteiger partial charge >= 0.3 is 0 Å². The highest BCUT2D eigenvalue weighted by molar-refractivity contribution is 5.98. The van der Waals surface area contributed by atoms with Gasteiger partial charge in [0.2, 0.25) is 11.8 Å². The zero-order valence-corrected chi connectivity index (χ0v) is 27.2. The molecule has 0 aliphatic carbocycles. The van der Waals surface area contributed by atoms with Crippen molar-refractivity contribution in [2.75, 3.05) is 79.2 Å². The van der Waals surface area contributed by atoms with Crippen LogP contribution in [0.5, 0.6) is 11.5 Å². The molecular weight excluding hydrogens is 570 g/mol. The Labute approximate surface area is 263 Å². The Hall–Kier alpha value is -2.93. The molecule has 3 N–H and O–H groups in total. The zero-order valence-electron chi connectivity index (χ0n) is 27.2. The summed E-state index contributed by atoms with van der Waals surface area (Å²) in [4.78, 5) is 38.5. The minimum Gasteiger partial charge on any atom is -0.487 e. The van der Waals surface area contributed by atoms with Crippen LogP contribution in [-0.4, -0.2) is 103 Å². The second kappa shape index (κ2) is 26.5. The number of carbonyl (C=O) groups is 3. The first-order valence-electron chi connectivity index (χ1n) is 16.0. The van der Waals surface area contributed by atoms with Crippen LogP contribution < -0.4 is 25.4 Å². The first-order valence-corrected chi connectivity index (χ1v) is 16.0. The van der Waals surface area contributed by atoms with Crippen LogP contribution in [0.4, 0.5) is 0 Å². The van der Waals surface area contributed by atoms with Crippen molar-refractivity contribution in [1.82, 2.24) is 16.0 Å². The Morgan fingerprint density at radius 1 is 0.682 bits per heavy atom. The average Bonchev–Trinajstić information content (AvgIpc) is 3.02. The van der Waals surface area contributed by atoms with Gasteiger partial charge in [0.25, 0.3) is 5.91 Å². The van der Waals surface area contributed by atoms with E-state index >= 15 is 0 Å². The summed E-state index contributed by atoms with van der Waals surface area (Å²) in [5.41, 5.74) is 0.288. The maximum Gasteiger partial charge on any atom is 0.252 e. The summed E-state index contributed by atoms with van der Waals surface area (Å²) < 4.78 is 33.4. The van der Waals surface area contributed by atoms with Gasteiger partial charge < -0.3 is 44.4 Å². The number of hydrogen-bond acceptors (Lipinski definition) is 9. The van der Waals surface area contributed by atoms with E-state index in [0.717, 1.165) is 25.7 Å². The summed E-state index contributed by atoms with van der Waals surface area (Å²) in [6.45, 7) is 13.4.